The molecule has 1 N–H and O–H groups in total. The number of methoxy groups -OCH3 is 1. The van der Waals surface area contributed by atoms with Crippen LogP contribution in [0.5, 0.6) is 0 Å². The van der Waals surface area contributed by atoms with E-state index >= 15 is 0 Å². The molecule has 0 aliphatic carbocycles. The Morgan fingerprint density at radius 3 is 2.50 bits per heavy atom. The molecule has 1 aromatic carbocycles. The van der Waals surface area contributed by atoms with Crippen molar-refractivity contribution in [3.05, 3.63) is 29.8 Å². The molecule has 0 aliphatic heterocycles. The van der Waals surface area contributed by atoms with Crippen molar-refractivity contribution in [1.82, 2.24) is 5.32 Å². The van der Waals surface area contributed by atoms with Gasteiger partial charge in [0, 0.05) is 17.9 Å². The number of carbonyl (C=O) groups excluding carboxylic acids is 2. The van der Waals surface area contributed by atoms with Gasteiger partial charge in [-0.1, -0.05) is 24.1 Å². The molecule has 0 fully saturated rings. The van der Waals surface area contributed by atoms with E-state index in [0.717, 1.165) is 24.2 Å². The van der Waals surface area contributed by atoms with Gasteiger partial charge in [-0.25, -0.2) is 0 Å². The number of hydrogen-bond acceptors (Lipinski definition) is 4. The van der Waals surface area contributed by atoms with Crippen molar-refractivity contribution in [2.24, 2.45) is 0 Å². The molecule has 5 heteroatoms. The first kappa shape index (κ1) is 18.6. The average Bonchev–Trinajstić information content (AvgIpc) is 2.52. The van der Waals surface area contributed by atoms with Crippen molar-refractivity contribution in [2.75, 3.05) is 13.7 Å². The number of aryl methyl sites for hydroxylation is 1. The minimum absolute atomic E-state index is 0.0542. The molecule has 0 spiro atoms. The number of esters is 1. The van der Waals surface area contributed by atoms with Crippen LogP contribution < -0.4 is 5.32 Å². The summed E-state index contributed by atoms with van der Waals surface area (Å²) in [5.74, 6) is -0.120. The Balaban J connectivity index is 2.16. The summed E-state index contributed by atoms with van der Waals surface area (Å²) in [5.41, 5.74) is 1.22. The van der Waals surface area contributed by atoms with Gasteiger partial charge in [0.05, 0.1) is 12.4 Å². The smallest absolute Gasteiger partial charge is 0.305 e. The van der Waals surface area contributed by atoms with Gasteiger partial charge in [-0.15, -0.1) is 11.8 Å². The van der Waals surface area contributed by atoms with Crippen molar-refractivity contribution in [3.8, 4) is 0 Å². The van der Waals surface area contributed by atoms with Gasteiger partial charge in [-0.2, -0.15) is 0 Å². The molecule has 122 valence electrons. The van der Waals surface area contributed by atoms with Gasteiger partial charge in [0.1, 0.15) is 0 Å². The molecule has 0 saturated carbocycles. The Kier molecular flexibility index (Phi) is 8.67. The van der Waals surface area contributed by atoms with Crippen LogP contribution in [0.3, 0.4) is 0 Å². The van der Waals surface area contributed by atoms with Gasteiger partial charge in [-0.3, -0.25) is 9.59 Å². The Bertz CT molecular complexity index is 473. The number of ether oxygens (including phenoxy) is 1. The molecule has 4 nitrogen and oxygen atoms in total. The Labute approximate surface area is 137 Å². The van der Waals surface area contributed by atoms with Gasteiger partial charge >= 0.3 is 5.97 Å². The highest BCUT2D eigenvalue weighted by molar-refractivity contribution is 8.00. The highest BCUT2D eigenvalue weighted by Gasteiger charge is 2.13. The van der Waals surface area contributed by atoms with Crippen LogP contribution in [0.1, 0.15) is 38.2 Å². The van der Waals surface area contributed by atoms with E-state index in [0.29, 0.717) is 13.0 Å². The second kappa shape index (κ2) is 10.3. The maximum atomic E-state index is 12.0. The van der Waals surface area contributed by atoms with E-state index in [1.165, 1.54) is 12.7 Å². The molecule has 1 amide bonds. The van der Waals surface area contributed by atoms with Gasteiger partial charge < -0.3 is 10.1 Å². The Morgan fingerprint density at radius 1 is 1.18 bits per heavy atom. The molecular formula is C17H25NO3S. The number of hydrogen-bond donors (Lipinski definition) is 1. The predicted octanol–water partition coefficient (Wildman–Crippen LogP) is 3.33. The van der Waals surface area contributed by atoms with E-state index in [4.69, 9.17) is 0 Å². The van der Waals surface area contributed by atoms with Crippen molar-refractivity contribution < 1.29 is 14.3 Å². The second-order valence-electron chi connectivity index (χ2n) is 5.25. The van der Waals surface area contributed by atoms with Crippen LogP contribution in [0.25, 0.3) is 0 Å². The van der Waals surface area contributed by atoms with E-state index in [1.807, 2.05) is 38.1 Å². The lowest BCUT2D eigenvalue weighted by Crippen LogP contribution is -2.31. The van der Waals surface area contributed by atoms with Crippen LogP contribution >= 0.6 is 11.8 Å². The number of unbranched alkanes of at least 4 members (excludes halogenated alkanes) is 2. The maximum absolute atomic E-state index is 12.0. The Hall–Kier alpha value is -1.49. The minimum atomic E-state index is -0.174. The van der Waals surface area contributed by atoms with Gasteiger partial charge in [0.2, 0.25) is 5.91 Å². The summed E-state index contributed by atoms with van der Waals surface area (Å²) in [4.78, 5) is 24.0. The molecule has 0 saturated heterocycles. The topological polar surface area (TPSA) is 55.4 Å². The largest absolute Gasteiger partial charge is 0.469 e. The molecule has 0 bridgehead atoms. The third kappa shape index (κ3) is 7.50. The molecule has 22 heavy (non-hydrogen) atoms. The fourth-order valence-corrected chi connectivity index (χ4v) is 2.79. The third-order valence-electron chi connectivity index (χ3n) is 3.29. The summed E-state index contributed by atoms with van der Waals surface area (Å²) in [6.45, 7) is 4.61. The number of thioether (sulfide) groups is 1. The van der Waals surface area contributed by atoms with Gasteiger partial charge in [-0.05, 0) is 38.8 Å². The Morgan fingerprint density at radius 2 is 1.86 bits per heavy atom. The lowest BCUT2D eigenvalue weighted by Gasteiger charge is -2.12. The molecule has 0 aromatic heterocycles. The van der Waals surface area contributed by atoms with E-state index in [2.05, 4.69) is 10.1 Å². The number of benzene rings is 1. The first-order valence-corrected chi connectivity index (χ1v) is 8.48. The third-order valence-corrected chi connectivity index (χ3v) is 4.40. The molecule has 1 unspecified atom stereocenters. The molecule has 0 radical (unpaired) electrons. The van der Waals surface area contributed by atoms with Crippen LogP contribution in [0.2, 0.25) is 0 Å². The molecule has 1 rings (SSSR count). The predicted molar refractivity (Wildman–Crippen MR) is 90.0 cm³/mol. The average molecular weight is 323 g/mol. The van der Waals surface area contributed by atoms with Crippen molar-refractivity contribution in [1.29, 1.82) is 0 Å². The van der Waals surface area contributed by atoms with E-state index in [-0.39, 0.29) is 17.1 Å². The number of carbonyl (C=O) groups is 2. The summed E-state index contributed by atoms with van der Waals surface area (Å²) in [5, 5.41) is 2.83. The van der Waals surface area contributed by atoms with Gasteiger partial charge in [0.15, 0.2) is 0 Å². The second-order valence-corrected chi connectivity index (χ2v) is 6.67. The minimum Gasteiger partial charge on any atom is -0.469 e. The molecule has 1 aromatic rings. The van der Waals surface area contributed by atoms with E-state index in [9.17, 15) is 9.59 Å². The first-order valence-electron chi connectivity index (χ1n) is 7.60. The van der Waals surface area contributed by atoms with Crippen LogP contribution in [-0.2, 0) is 14.3 Å². The fraction of sp³-hybridized carbons (Fsp3) is 0.529. The van der Waals surface area contributed by atoms with Crippen molar-refractivity contribution in [2.45, 2.75) is 49.7 Å². The zero-order valence-electron chi connectivity index (χ0n) is 13.6. The zero-order chi connectivity index (χ0) is 16.4. The number of amides is 1. The van der Waals surface area contributed by atoms with E-state index in [1.54, 1.807) is 11.8 Å². The summed E-state index contributed by atoms with van der Waals surface area (Å²) >= 11 is 1.56. The zero-order valence-corrected chi connectivity index (χ0v) is 14.4. The molecule has 0 heterocycles. The SMILES string of the molecule is COC(=O)CCCCCNC(=O)C(C)Sc1ccc(C)cc1. The van der Waals surface area contributed by atoms with Crippen molar-refractivity contribution in [3.63, 3.8) is 0 Å². The van der Waals surface area contributed by atoms with Crippen LogP contribution in [0.15, 0.2) is 29.2 Å². The maximum Gasteiger partial charge on any atom is 0.305 e. The molecule has 1 atom stereocenters. The highest BCUT2D eigenvalue weighted by Crippen LogP contribution is 2.23. The fourth-order valence-electron chi connectivity index (χ4n) is 1.90. The summed E-state index contributed by atoms with van der Waals surface area (Å²) in [6, 6.07) is 8.18. The number of nitrogens with one attached hydrogen (secondary N) is 1. The monoisotopic (exact) mass is 323 g/mol. The van der Waals surface area contributed by atoms with Crippen LogP contribution in [-0.4, -0.2) is 30.8 Å². The number of rotatable bonds is 9. The molecule has 0 aliphatic rings. The van der Waals surface area contributed by atoms with Crippen LogP contribution in [0.4, 0.5) is 0 Å². The van der Waals surface area contributed by atoms with Gasteiger partial charge in [0.25, 0.3) is 0 Å². The first-order chi connectivity index (χ1) is 10.5. The molecular weight excluding hydrogens is 298 g/mol. The lowest BCUT2D eigenvalue weighted by molar-refractivity contribution is -0.140. The summed E-state index contributed by atoms with van der Waals surface area (Å²) < 4.78 is 4.58. The summed E-state index contributed by atoms with van der Waals surface area (Å²) in [6.07, 6.45) is 3.04. The summed E-state index contributed by atoms with van der Waals surface area (Å²) in [7, 11) is 1.40. The lowest BCUT2D eigenvalue weighted by atomic mass is 10.2. The quantitative estimate of drug-likeness (QED) is 0.430. The highest BCUT2D eigenvalue weighted by atomic mass is 32.2. The van der Waals surface area contributed by atoms with E-state index < -0.39 is 0 Å². The van der Waals surface area contributed by atoms with Crippen LogP contribution in [0, 0.1) is 6.92 Å². The van der Waals surface area contributed by atoms with Crippen molar-refractivity contribution >= 4 is 23.6 Å². The standard InChI is InChI=1S/C17H25NO3S/c1-13-8-10-15(11-9-13)22-14(2)17(20)18-12-6-4-5-7-16(19)21-3/h8-11,14H,4-7,12H2,1-3H3,(H,18,20). The normalized spacial score (nSPS) is 11.8.